The number of anilines is 1. The first-order chi connectivity index (χ1) is 14.5. The van der Waals surface area contributed by atoms with E-state index in [9.17, 15) is 19.1 Å². The molecule has 1 heterocycles. The minimum Gasteiger partial charge on any atom is -0.394 e. The fourth-order valence-electron chi connectivity index (χ4n) is 3.08. The summed E-state index contributed by atoms with van der Waals surface area (Å²) < 4.78 is 18.9. The van der Waals surface area contributed by atoms with Crippen LogP contribution in [0.2, 0.25) is 0 Å². The molecule has 0 bridgehead atoms. The molecule has 0 radical (unpaired) electrons. The van der Waals surface area contributed by atoms with E-state index in [0.717, 1.165) is 0 Å². The van der Waals surface area contributed by atoms with E-state index in [1.165, 1.54) is 12.1 Å². The van der Waals surface area contributed by atoms with Crippen LogP contribution < -0.4 is 16.0 Å². The van der Waals surface area contributed by atoms with E-state index in [-0.39, 0.29) is 31.3 Å². The number of para-hydroxylation sites is 1. The van der Waals surface area contributed by atoms with E-state index in [1.54, 1.807) is 48.6 Å². The molecule has 3 amide bonds. The van der Waals surface area contributed by atoms with Crippen molar-refractivity contribution in [2.45, 2.75) is 31.2 Å². The molecule has 0 aromatic heterocycles. The third-order valence-electron chi connectivity index (χ3n) is 4.56. The number of rotatable bonds is 7. The Balaban J connectivity index is 1.49. The summed E-state index contributed by atoms with van der Waals surface area (Å²) in [6.45, 7) is -0.109. The normalized spacial score (nSPS) is 20.4. The summed E-state index contributed by atoms with van der Waals surface area (Å²) in [5.41, 5.74) is 1.30. The van der Waals surface area contributed by atoms with Crippen molar-refractivity contribution < 1.29 is 23.8 Å². The first kappa shape index (κ1) is 21.5. The fraction of sp³-hybridized carbons (Fsp3) is 0.273. The number of hydrogen-bond donors (Lipinski definition) is 4. The highest BCUT2D eigenvalue weighted by Gasteiger charge is 2.29. The molecule has 2 aromatic carbocycles. The molecule has 3 atom stereocenters. The summed E-state index contributed by atoms with van der Waals surface area (Å²) >= 11 is 0. The Kier molecular flexibility index (Phi) is 7.53. The molecule has 0 saturated carbocycles. The van der Waals surface area contributed by atoms with Crippen molar-refractivity contribution >= 4 is 17.6 Å². The largest absolute Gasteiger partial charge is 0.394 e. The molecule has 1 aliphatic heterocycles. The molecule has 30 heavy (non-hydrogen) atoms. The van der Waals surface area contributed by atoms with Gasteiger partial charge >= 0.3 is 6.03 Å². The Labute approximate surface area is 173 Å². The zero-order valence-electron chi connectivity index (χ0n) is 16.3. The van der Waals surface area contributed by atoms with Gasteiger partial charge in [0.2, 0.25) is 5.91 Å². The van der Waals surface area contributed by atoms with Gasteiger partial charge in [-0.15, -0.1) is 0 Å². The van der Waals surface area contributed by atoms with Gasteiger partial charge in [-0.2, -0.15) is 0 Å². The van der Waals surface area contributed by atoms with E-state index in [4.69, 9.17) is 4.74 Å². The highest BCUT2D eigenvalue weighted by atomic mass is 19.1. The summed E-state index contributed by atoms with van der Waals surface area (Å²) in [5.74, 6) is -0.625. The molecule has 8 heteroatoms. The number of nitrogens with one attached hydrogen (secondary N) is 3. The lowest BCUT2D eigenvalue weighted by atomic mass is 10.0. The number of hydrogen-bond acceptors (Lipinski definition) is 4. The van der Waals surface area contributed by atoms with Gasteiger partial charge < -0.3 is 25.8 Å². The van der Waals surface area contributed by atoms with Crippen molar-refractivity contribution in [3.63, 3.8) is 0 Å². The summed E-state index contributed by atoms with van der Waals surface area (Å²) in [6.07, 6.45) is 2.22. The van der Waals surface area contributed by atoms with Gasteiger partial charge in [-0.05, 0) is 29.8 Å². The quantitative estimate of drug-likeness (QED) is 0.524. The maximum Gasteiger partial charge on any atom is 0.319 e. The van der Waals surface area contributed by atoms with Crippen LogP contribution in [0.4, 0.5) is 14.9 Å². The maximum absolute atomic E-state index is 13.2. The Hall–Kier alpha value is -3.23. The lowest BCUT2D eigenvalue weighted by molar-refractivity contribution is -0.125. The number of urea groups is 1. The Morgan fingerprint density at radius 1 is 1.07 bits per heavy atom. The fourth-order valence-corrected chi connectivity index (χ4v) is 3.08. The summed E-state index contributed by atoms with van der Waals surface area (Å²) in [6, 6.07) is 14.0. The highest BCUT2D eigenvalue weighted by molar-refractivity contribution is 5.89. The monoisotopic (exact) mass is 413 g/mol. The van der Waals surface area contributed by atoms with Crippen LogP contribution in [0.1, 0.15) is 12.0 Å². The van der Waals surface area contributed by atoms with Crippen LogP contribution in [-0.4, -0.2) is 41.9 Å². The van der Waals surface area contributed by atoms with E-state index in [2.05, 4.69) is 16.0 Å². The standard InChI is InChI=1S/C22H24FN3O4/c23-16-6-4-5-15(11-16)13-24-21(28)12-18-9-10-19(20(14-27)30-18)26-22(29)25-17-7-2-1-3-8-17/h1-11,18-20,27H,12-14H2,(H,24,28)(H2,25,26,29)/t18-,19-,20+/m0/s1. The molecular formula is C22H24FN3O4. The number of aliphatic hydroxyl groups excluding tert-OH is 1. The van der Waals surface area contributed by atoms with Crippen molar-refractivity contribution in [1.29, 1.82) is 0 Å². The number of aliphatic hydroxyl groups is 1. The van der Waals surface area contributed by atoms with E-state index >= 15 is 0 Å². The number of carbonyl (C=O) groups is 2. The van der Waals surface area contributed by atoms with Crippen molar-refractivity contribution in [1.82, 2.24) is 10.6 Å². The Morgan fingerprint density at radius 2 is 1.87 bits per heavy atom. The number of benzene rings is 2. The lowest BCUT2D eigenvalue weighted by Crippen LogP contribution is -2.50. The molecule has 158 valence electrons. The predicted molar refractivity (Wildman–Crippen MR) is 110 cm³/mol. The third kappa shape index (κ3) is 6.40. The van der Waals surface area contributed by atoms with Crippen LogP contribution >= 0.6 is 0 Å². The second-order valence-electron chi connectivity index (χ2n) is 6.88. The third-order valence-corrected chi connectivity index (χ3v) is 4.56. The minimum absolute atomic E-state index is 0.0469. The molecule has 0 spiro atoms. The SMILES string of the molecule is O=C(C[C@@H]1C=C[C@H](NC(=O)Nc2ccccc2)[C@@H](CO)O1)NCc1cccc(F)c1. The van der Waals surface area contributed by atoms with Gasteiger partial charge in [-0.1, -0.05) is 42.5 Å². The lowest BCUT2D eigenvalue weighted by Gasteiger charge is -2.31. The average Bonchev–Trinajstić information content (AvgIpc) is 2.74. The van der Waals surface area contributed by atoms with Gasteiger partial charge in [0.05, 0.1) is 25.2 Å². The second kappa shape index (κ2) is 10.5. The molecule has 3 rings (SSSR count). The highest BCUT2D eigenvalue weighted by Crippen LogP contribution is 2.16. The number of halogens is 1. The van der Waals surface area contributed by atoms with Crippen molar-refractivity contribution in [3.05, 3.63) is 78.1 Å². The predicted octanol–water partition coefficient (Wildman–Crippen LogP) is 2.34. The molecular weight excluding hydrogens is 389 g/mol. The van der Waals surface area contributed by atoms with Crippen LogP contribution in [0.15, 0.2) is 66.7 Å². The smallest absolute Gasteiger partial charge is 0.319 e. The molecule has 7 nitrogen and oxygen atoms in total. The first-order valence-electron chi connectivity index (χ1n) is 9.62. The molecule has 2 aromatic rings. The van der Waals surface area contributed by atoms with Gasteiger partial charge in [0.25, 0.3) is 0 Å². The molecule has 0 saturated heterocycles. The molecule has 0 unspecified atom stereocenters. The number of ether oxygens (including phenoxy) is 1. The van der Waals surface area contributed by atoms with Crippen molar-refractivity contribution in [2.75, 3.05) is 11.9 Å². The molecule has 0 aliphatic carbocycles. The van der Waals surface area contributed by atoms with Crippen molar-refractivity contribution in [3.8, 4) is 0 Å². The van der Waals surface area contributed by atoms with Crippen LogP contribution in [0.25, 0.3) is 0 Å². The topological polar surface area (TPSA) is 99.7 Å². The van der Waals surface area contributed by atoms with Gasteiger partial charge in [-0.25, -0.2) is 9.18 Å². The number of amides is 3. The zero-order chi connectivity index (χ0) is 21.3. The average molecular weight is 413 g/mol. The Bertz CT molecular complexity index is 891. The summed E-state index contributed by atoms with van der Waals surface area (Å²) in [7, 11) is 0. The van der Waals surface area contributed by atoms with Gasteiger partial charge in [0, 0.05) is 12.2 Å². The van der Waals surface area contributed by atoms with E-state index in [0.29, 0.717) is 11.3 Å². The van der Waals surface area contributed by atoms with Crippen LogP contribution in [-0.2, 0) is 16.1 Å². The maximum atomic E-state index is 13.2. The minimum atomic E-state index is -0.683. The second-order valence-corrected chi connectivity index (χ2v) is 6.88. The van der Waals surface area contributed by atoms with Crippen molar-refractivity contribution in [2.24, 2.45) is 0 Å². The van der Waals surface area contributed by atoms with Crippen LogP contribution in [0.3, 0.4) is 0 Å². The summed E-state index contributed by atoms with van der Waals surface area (Å²) in [5, 5.41) is 17.8. The van der Waals surface area contributed by atoms with Crippen LogP contribution in [0.5, 0.6) is 0 Å². The van der Waals surface area contributed by atoms with Crippen LogP contribution in [0, 0.1) is 5.82 Å². The van der Waals surface area contributed by atoms with Gasteiger partial charge in [0.1, 0.15) is 11.9 Å². The number of carbonyl (C=O) groups excluding carboxylic acids is 2. The van der Waals surface area contributed by atoms with E-state index < -0.39 is 24.3 Å². The molecule has 0 fully saturated rings. The van der Waals surface area contributed by atoms with Gasteiger partial charge in [0.15, 0.2) is 0 Å². The first-order valence-corrected chi connectivity index (χ1v) is 9.62. The molecule has 1 aliphatic rings. The van der Waals surface area contributed by atoms with E-state index in [1.807, 2.05) is 6.07 Å². The van der Waals surface area contributed by atoms with Gasteiger partial charge in [-0.3, -0.25) is 4.79 Å². The summed E-state index contributed by atoms with van der Waals surface area (Å²) in [4.78, 5) is 24.3. The molecule has 4 N–H and O–H groups in total. The Morgan fingerprint density at radius 3 is 2.60 bits per heavy atom. The zero-order valence-corrected chi connectivity index (χ0v) is 16.3.